The summed E-state index contributed by atoms with van der Waals surface area (Å²) in [7, 11) is 0. The average molecular weight is 712 g/mol. The Bertz CT molecular complexity index is 2060. The van der Waals surface area contributed by atoms with Crippen molar-refractivity contribution in [3.05, 3.63) is 109 Å². The second-order valence-corrected chi connectivity index (χ2v) is 14.5. The van der Waals surface area contributed by atoms with E-state index in [0.29, 0.717) is 25.2 Å². The van der Waals surface area contributed by atoms with Crippen molar-refractivity contribution in [2.45, 2.75) is 78.2 Å². The third-order valence-corrected chi connectivity index (χ3v) is 10.6. The number of halogens is 1. The van der Waals surface area contributed by atoms with Gasteiger partial charge in [-0.05, 0) is 120 Å². The van der Waals surface area contributed by atoms with Gasteiger partial charge in [-0.1, -0.05) is 23.7 Å². The highest BCUT2D eigenvalue weighted by molar-refractivity contribution is 6.31. The van der Waals surface area contributed by atoms with E-state index in [1.807, 2.05) is 78.6 Å². The van der Waals surface area contributed by atoms with Crippen LogP contribution in [0.1, 0.15) is 48.1 Å². The minimum absolute atomic E-state index is 0.0261. The number of nitrogens with two attached hydrogens (primary N) is 1. The van der Waals surface area contributed by atoms with Crippen molar-refractivity contribution < 1.29 is 0 Å². The van der Waals surface area contributed by atoms with Crippen LogP contribution in [-0.2, 0) is 19.6 Å². The number of hydrogen-bond acceptors (Lipinski definition) is 9. The van der Waals surface area contributed by atoms with Gasteiger partial charge in [-0.2, -0.15) is 0 Å². The number of rotatable bonds is 9. The molecule has 0 radical (unpaired) electrons. The van der Waals surface area contributed by atoms with E-state index in [4.69, 9.17) is 17.3 Å². The number of aromatic nitrogens is 5. The fraction of sp³-hybridized carbons (Fsp3) is 0.462. The first-order valence-corrected chi connectivity index (χ1v) is 18.5. The smallest absolute Gasteiger partial charge is 0.269 e. The normalized spacial score (nSPS) is 16.4. The lowest BCUT2D eigenvalue weighted by molar-refractivity contribution is 0.191. The van der Waals surface area contributed by atoms with Crippen LogP contribution in [-0.4, -0.2) is 85.2 Å². The largest absolute Gasteiger partial charge is 0.328 e. The zero-order valence-electron chi connectivity index (χ0n) is 30.0. The number of likely N-dealkylation sites (tertiary alicyclic amines) is 2. The molecular formula is C39H50ClN9O2. The molecule has 0 amide bonds. The van der Waals surface area contributed by atoms with E-state index in [2.05, 4.69) is 30.1 Å². The molecule has 0 atom stereocenters. The molecular weight excluding hydrogens is 662 g/mol. The zero-order valence-corrected chi connectivity index (χ0v) is 30.8. The molecule has 2 saturated heterocycles. The van der Waals surface area contributed by atoms with E-state index in [1.54, 1.807) is 0 Å². The summed E-state index contributed by atoms with van der Waals surface area (Å²) in [5.74, 6) is 0. The minimum Gasteiger partial charge on any atom is -0.328 e. The van der Waals surface area contributed by atoms with Crippen LogP contribution in [0.5, 0.6) is 0 Å². The van der Waals surface area contributed by atoms with Crippen molar-refractivity contribution in [3.63, 3.8) is 0 Å². The molecule has 12 heteroatoms. The molecule has 3 aromatic heterocycles. The van der Waals surface area contributed by atoms with Gasteiger partial charge < -0.3 is 30.0 Å². The van der Waals surface area contributed by atoms with Crippen LogP contribution in [0.2, 0.25) is 5.02 Å². The van der Waals surface area contributed by atoms with Gasteiger partial charge in [0.15, 0.2) is 0 Å². The van der Waals surface area contributed by atoms with Gasteiger partial charge in [0, 0.05) is 51.0 Å². The van der Waals surface area contributed by atoms with Gasteiger partial charge in [0.25, 0.3) is 11.1 Å². The Hall–Kier alpha value is -4.00. The maximum Gasteiger partial charge on any atom is 0.269 e. The highest BCUT2D eigenvalue weighted by Crippen LogP contribution is 2.17. The van der Waals surface area contributed by atoms with Crippen LogP contribution >= 0.6 is 11.6 Å². The van der Waals surface area contributed by atoms with Crippen molar-refractivity contribution >= 4 is 33.7 Å². The predicted octanol–water partition coefficient (Wildman–Crippen LogP) is 4.44. The standard InChI is InChI=1S/C23H28ClN5O.C16H22N4O/c1-16-3-4-21-22(11-16)29(23(30)15-27-21)10-9-28-7-5-19(6-8-28)26-14-18-12-20(24)17(2)25-13-18;1-12-2-3-14-15(10-12)20(16(21)11-18-14)9-8-19-6-4-13(17)5-7-19/h3-4,11-13,15,19,26H,5-10,14H2,1-2H3;2-3,10-11,13H,4-9,17H2,1H3. The van der Waals surface area contributed by atoms with Gasteiger partial charge in [0.05, 0.1) is 45.2 Å². The summed E-state index contributed by atoms with van der Waals surface area (Å²) in [4.78, 5) is 42.2. The minimum atomic E-state index is -0.0324. The lowest BCUT2D eigenvalue weighted by atomic mass is 10.0. The number of hydrogen-bond donors (Lipinski definition) is 2. The molecule has 11 nitrogen and oxygen atoms in total. The van der Waals surface area contributed by atoms with Gasteiger partial charge in [0.1, 0.15) is 0 Å². The summed E-state index contributed by atoms with van der Waals surface area (Å²) in [6.45, 7) is 14.0. The van der Waals surface area contributed by atoms with E-state index in [9.17, 15) is 9.59 Å². The molecule has 270 valence electrons. The second kappa shape index (κ2) is 17.0. The van der Waals surface area contributed by atoms with Crippen molar-refractivity contribution in [2.24, 2.45) is 5.73 Å². The monoisotopic (exact) mass is 711 g/mol. The first-order chi connectivity index (χ1) is 24.6. The van der Waals surface area contributed by atoms with Crippen LogP contribution in [0.15, 0.2) is 70.6 Å². The summed E-state index contributed by atoms with van der Waals surface area (Å²) < 4.78 is 3.69. The van der Waals surface area contributed by atoms with Gasteiger partial charge in [-0.3, -0.25) is 14.6 Å². The highest BCUT2D eigenvalue weighted by atomic mass is 35.5. The Balaban J connectivity index is 0.000000187. The maximum absolute atomic E-state index is 12.4. The SMILES string of the molecule is Cc1ccc2ncc(=O)n(CCN3CCC(N)CC3)c2c1.Cc1ccc2ncc(=O)n(CCN3CCC(NCc4cnc(C)c(Cl)c4)CC3)c2c1. The third-order valence-electron chi connectivity index (χ3n) is 10.2. The highest BCUT2D eigenvalue weighted by Gasteiger charge is 2.19. The van der Waals surface area contributed by atoms with Crippen molar-refractivity contribution in [3.8, 4) is 0 Å². The number of benzene rings is 2. The van der Waals surface area contributed by atoms with Crippen molar-refractivity contribution in [2.75, 3.05) is 39.3 Å². The average Bonchev–Trinajstić information content (AvgIpc) is 3.13. The van der Waals surface area contributed by atoms with Gasteiger partial charge in [0.2, 0.25) is 0 Å². The lowest BCUT2D eigenvalue weighted by Gasteiger charge is -2.32. The van der Waals surface area contributed by atoms with Gasteiger partial charge in [-0.25, -0.2) is 9.97 Å². The van der Waals surface area contributed by atoms with Gasteiger partial charge >= 0.3 is 0 Å². The number of nitrogens with one attached hydrogen (secondary N) is 1. The van der Waals surface area contributed by atoms with Crippen LogP contribution in [0.3, 0.4) is 0 Å². The van der Waals surface area contributed by atoms with Crippen molar-refractivity contribution in [1.29, 1.82) is 0 Å². The molecule has 2 fully saturated rings. The molecule has 5 heterocycles. The van der Waals surface area contributed by atoms with Crippen LogP contribution in [0, 0.1) is 20.8 Å². The quantitative estimate of drug-likeness (QED) is 0.228. The molecule has 0 unspecified atom stereocenters. The number of pyridine rings is 1. The summed E-state index contributed by atoms with van der Waals surface area (Å²) in [6, 6.07) is 14.9. The molecule has 2 aliphatic heterocycles. The summed E-state index contributed by atoms with van der Waals surface area (Å²) in [5, 5.41) is 4.35. The van der Waals surface area contributed by atoms with Crippen molar-refractivity contribution in [1.82, 2.24) is 39.2 Å². The fourth-order valence-electron chi connectivity index (χ4n) is 6.93. The predicted molar refractivity (Wildman–Crippen MR) is 205 cm³/mol. The molecule has 7 rings (SSSR count). The van der Waals surface area contributed by atoms with E-state index in [-0.39, 0.29) is 11.1 Å². The summed E-state index contributed by atoms with van der Waals surface area (Å²) in [5.41, 5.74) is 13.7. The molecule has 0 aliphatic carbocycles. The van der Waals surface area contributed by atoms with Gasteiger partial charge in [-0.15, -0.1) is 0 Å². The molecule has 2 aliphatic rings. The number of fused-ring (bicyclic) bond motifs is 2. The number of aryl methyl sites for hydroxylation is 3. The topological polar surface area (TPSA) is 127 Å². The lowest BCUT2D eigenvalue weighted by Crippen LogP contribution is -2.43. The Morgan fingerprint density at radius 1 is 0.706 bits per heavy atom. The van der Waals surface area contributed by atoms with E-state index in [1.165, 1.54) is 12.4 Å². The third kappa shape index (κ3) is 9.66. The fourth-order valence-corrected chi connectivity index (χ4v) is 7.12. The Labute approximate surface area is 304 Å². The Morgan fingerprint density at radius 3 is 1.73 bits per heavy atom. The Morgan fingerprint density at radius 2 is 1.22 bits per heavy atom. The number of piperidine rings is 2. The molecule has 5 aromatic rings. The molecule has 0 spiro atoms. The zero-order chi connectivity index (χ0) is 35.9. The molecule has 51 heavy (non-hydrogen) atoms. The van der Waals surface area contributed by atoms with E-state index < -0.39 is 0 Å². The number of nitrogens with zero attached hydrogens (tertiary/aromatic N) is 7. The van der Waals surface area contributed by atoms with E-state index >= 15 is 0 Å². The van der Waals surface area contributed by atoms with Crippen LogP contribution < -0.4 is 22.2 Å². The molecule has 0 saturated carbocycles. The summed E-state index contributed by atoms with van der Waals surface area (Å²) in [6.07, 6.45) is 9.03. The first kappa shape index (κ1) is 36.8. The molecule has 3 N–H and O–H groups in total. The second-order valence-electron chi connectivity index (χ2n) is 14.1. The maximum atomic E-state index is 12.4. The first-order valence-electron chi connectivity index (χ1n) is 18.1. The summed E-state index contributed by atoms with van der Waals surface area (Å²) >= 11 is 6.17. The molecule has 2 aromatic carbocycles. The Kier molecular flexibility index (Phi) is 12.3. The molecule has 0 bridgehead atoms. The van der Waals surface area contributed by atoms with Crippen LogP contribution in [0.25, 0.3) is 22.1 Å². The van der Waals surface area contributed by atoms with Crippen LogP contribution in [0.4, 0.5) is 0 Å². The van der Waals surface area contributed by atoms with E-state index in [0.717, 1.165) is 121 Å².